The molecule has 0 saturated carbocycles. The van der Waals surface area contributed by atoms with Crippen molar-refractivity contribution in [2.24, 2.45) is 5.92 Å². The third-order valence-corrected chi connectivity index (χ3v) is 5.08. The van der Waals surface area contributed by atoms with Gasteiger partial charge in [-0.1, -0.05) is 34.1 Å². The summed E-state index contributed by atoms with van der Waals surface area (Å²) >= 11 is 3.56. The van der Waals surface area contributed by atoms with Crippen molar-refractivity contribution < 1.29 is 9.90 Å². The van der Waals surface area contributed by atoms with Gasteiger partial charge in [0.2, 0.25) is 0 Å². The molecule has 96 valence electrons. The third-order valence-electron chi connectivity index (χ3n) is 4.31. The molecule has 1 aromatic rings. The number of benzene rings is 1. The minimum absolute atomic E-state index is 0.161. The fourth-order valence-corrected chi connectivity index (χ4v) is 3.85. The van der Waals surface area contributed by atoms with Crippen LogP contribution in [0.5, 0.6) is 0 Å². The van der Waals surface area contributed by atoms with Gasteiger partial charge >= 0.3 is 5.97 Å². The maximum absolute atomic E-state index is 11.2. The van der Waals surface area contributed by atoms with Crippen molar-refractivity contribution in [3.8, 4) is 0 Å². The first-order valence-electron chi connectivity index (χ1n) is 6.39. The van der Waals surface area contributed by atoms with E-state index < -0.39 is 5.97 Å². The lowest BCUT2D eigenvalue weighted by Gasteiger charge is -2.23. The largest absolute Gasteiger partial charge is 0.481 e. The Hall–Kier alpha value is -0.870. The molecule has 18 heavy (non-hydrogen) atoms. The predicted molar refractivity (Wildman–Crippen MR) is 72.2 cm³/mol. The number of carboxylic acid groups (broad SMARTS) is 1. The second-order valence-corrected chi connectivity index (χ2v) is 6.10. The van der Waals surface area contributed by atoms with Gasteiger partial charge in [0, 0.05) is 23.1 Å². The monoisotopic (exact) mass is 309 g/mol. The van der Waals surface area contributed by atoms with Gasteiger partial charge in [-0.15, -0.1) is 0 Å². The van der Waals surface area contributed by atoms with Crippen molar-refractivity contribution in [3.63, 3.8) is 0 Å². The molecule has 0 amide bonds. The molecule has 0 aliphatic carbocycles. The molecule has 2 saturated heterocycles. The molecule has 2 bridgehead atoms. The number of hydrogen-bond donors (Lipinski definition) is 1. The first-order valence-corrected chi connectivity index (χ1v) is 7.18. The summed E-state index contributed by atoms with van der Waals surface area (Å²) in [6.45, 7) is 0.862. The lowest BCUT2D eigenvalue weighted by Crippen LogP contribution is -2.32. The van der Waals surface area contributed by atoms with Crippen LogP contribution >= 0.6 is 15.9 Å². The Morgan fingerprint density at radius 2 is 2.17 bits per heavy atom. The molecule has 0 spiro atoms. The van der Waals surface area contributed by atoms with Gasteiger partial charge in [-0.25, -0.2) is 0 Å². The van der Waals surface area contributed by atoms with Crippen LogP contribution in [0.3, 0.4) is 0 Å². The van der Waals surface area contributed by atoms with E-state index in [1.165, 1.54) is 5.56 Å². The van der Waals surface area contributed by atoms with Crippen LogP contribution in [-0.2, 0) is 11.3 Å². The molecule has 3 nitrogen and oxygen atoms in total. The van der Waals surface area contributed by atoms with Crippen molar-refractivity contribution in [1.82, 2.24) is 4.90 Å². The zero-order chi connectivity index (χ0) is 12.7. The summed E-state index contributed by atoms with van der Waals surface area (Å²) in [5.41, 5.74) is 1.25. The van der Waals surface area contributed by atoms with E-state index >= 15 is 0 Å². The molecule has 1 N–H and O–H groups in total. The highest BCUT2D eigenvalue weighted by Crippen LogP contribution is 2.43. The first kappa shape index (κ1) is 12.2. The van der Waals surface area contributed by atoms with Gasteiger partial charge < -0.3 is 5.11 Å². The zero-order valence-corrected chi connectivity index (χ0v) is 11.6. The number of halogens is 1. The van der Waals surface area contributed by atoms with Crippen molar-refractivity contribution in [2.45, 2.75) is 37.9 Å². The van der Waals surface area contributed by atoms with E-state index in [1.54, 1.807) is 0 Å². The van der Waals surface area contributed by atoms with E-state index in [9.17, 15) is 9.90 Å². The Morgan fingerprint density at radius 3 is 2.83 bits per heavy atom. The summed E-state index contributed by atoms with van der Waals surface area (Å²) in [5, 5.41) is 9.24. The first-order chi connectivity index (χ1) is 8.66. The van der Waals surface area contributed by atoms with E-state index in [1.807, 2.05) is 18.2 Å². The maximum Gasteiger partial charge on any atom is 0.308 e. The van der Waals surface area contributed by atoms with Crippen LogP contribution in [0.4, 0.5) is 0 Å². The second-order valence-electron chi connectivity index (χ2n) is 5.24. The predicted octanol–water partition coefficient (Wildman–Crippen LogP) is 2.89. The number of aliphatic carboxylic acids is 1. The number of fused-ring (bicyclic) bond motifs is 2. The average Bonchev–Trinajstić information content (AvgIpc) is 2.89. The summed E-state index contributed by atoms with van der Waals surface area (Å²) in [4.78, 5) is 13.6. The molecule has 2 heterocycles. The summed E-state index contributed by atoms with van der Waals surface area (Å²) in [6, 6.07) is 8.89. The zero-order valence-electron chi connectivity index (χ0n) is 10.1. The lowest BCUT2D eigenvalue weighted by molar-refractivity contribution is -0.142. The minimum atomic E-state index is -0.626. The normalized spacial score (nSPS) is 30.8. The second kappa shape index (κ2) is 4.67. The molecule has 2 aliphatic heterocycles. The van der Waals surface area contributed by atoms with Gasteiger partial charge in [-0.2, -0.15) is 0 Å². The Labute approximate surface area is 115 Å². The molecule has 4 heteroatoms. The molecule has 3 unspecified atom stereocenters. The van der Waals surface area contributed by atoms with E-state index in [4.69, 9.17) is 0 Å². The Bertz CT molecular complexity index is 477. The van der Waals surface area contributed by atoms with Gasteiger partial charge in [0.15, 0.2) is 0 Å². The molecule has 0 aromatic heterocycles. The van der Waals surface area contributed by atoms with E-state index in [-0.39, 0.29) is 12.0 Å². The number of carbonyl (C=O) groups is 1. The van der Waals surface area contributed by atoms with Crippen LogP contribution in [0.1, 0.15) is 24.8 Å². The molecule has 2 aliphatic rings. The van der Waals surface area contributed by atoms with Crippen molar-refractivity contribution >= 4 is 21.9 Å². The summed E-state index contributed by atoms with van der Waals surface area (Å²) < 4.78 is 1.11. The molecule has 0 radical (unpaired) electrons. The lowest BCUT2D eigenvalue weighted by atomic mass is 9.89. The molecular formula is C14H16BrNO2. The summed E-state index contributed by atoms with van der Waals surface area (Å²) in [5.74, 6) is -0.787. The fourth-order valence-electron chi connectivity index (χ4n) is 3.44. The molecule has 3 rings (SSSR count). The Balaban J connectivity index is 1.79. The number of hydrogen-bond acceptors (Lipinski definition) is 2. The van der Waals surface area contributed by atoms with Crippen molar-refractivity contribution in [1.29, 1.82) is 0 Å². The molecular weight excluding hydrogens is 294 g/mol. The van der Waals surface area contributed by atoms with E-state index in [2.05, 4.69) is 26.9 Å². The van der Waals surface area contributed by atoms with Crippen molar-refractivity contribution in [2.75, 3.05) is 0 Å². The Morgan fingerprint density at radius 1 is 1.39 bits per heavy atom. The van der Waals surface area contributed by atoms with Crippen LogP contribution in [0.2, 0.25) is 0 Å². The maximum atomic E-state index is 11.2. The Kier molecular flexibility index (Phi) is 3.16. The number of nitrogens with zero attached hydrogens (tertiary/aromatic N) is 1. The van der Waals surface area contributed by atoms with Crippen LogP contribution in [0, 0.1) is 5.92 Å². The average molecular weight is 310 g/mol. The standard InChI is InChI=1S/C14H16BrNO2/c15-12-4-2-1-3-9(12)8-16-10-5-6-13(16)11(7-10)14(17)18/h1-4,10-11,13H,5-8H2,(H,17,18). The van der Waals surface area contributed by atoms with Gasteiger partial charge in [0.05, 0.1) is 5.92 Å². The highest BCUT2D eigenvalue weighted by Gasteiger charge is 2.48. The van der Waals surface area contributed by atoms with Crippen LogP contribution in [0.15, 0.2) is 28.7 Å². The minimum Gasteiger partial charge on any atom is -0.481 e. The SMILES string of the molecule is O=C(O)C1CC2CCC1N2Cc1ccccc1Br. The summed E-state index contributed by atoms with van der Waals surface area (Å²) in [6.07, 6.45) is 3.01. The highest BCUT2D eigenvalue weighted by atomic mass is 79.9. The van der Waals surface area contributed by atoms with Gasteiger partial charge in [-0.3, -0.25) is 9.69 Å². The number of rotatable bonds is 3. The van der Waals surface area contributed by atoms with E-state index in [0.29, 0.717) is 6.04 Å². The quantitative estimate of drug-likeness (QED) is 0.933. The highest BCUT2D eigenvalue weighted by molar-refractivity contribution is 9.10. The van der Waals surface area contributed by atoms with Gasteiger partial charge in [-0.05, 0) is 30.9 Å². The fraction of sp³-hybridized carbons (Fsp3) is 0.500. The molecule has 3 atom stereocenters. The van der Waals surface area contributed by atoms with Crippen LogP contribution < -0.4 is 0 Å². The number of carboxylic acids is 1. The van der Waals surface area contributed by atoms with Crippen LogP contribution in [-0.4, -0.2) is 28.1 Å². The summed E-state index contributed by atoms with van der Waals surface area (Å²) in [7, 11) is 0. The smallest absolute Gasteiger partial charge is 0.308 e. The molecule has 2 fully saturated rings. The topological polar surface area (TPSA) is 40.5 Å². The molecule has 1 aromatic carbocycles. The van der Waals surface area contributed by atoms with E-state index in [0.717, 1.165) is 30.3 Å². The third kappa shape index (κ3) is 1.97. The van der Waals surface area contributed by atoms with Crippen LogP contribution in [0.25, 0.3) is 0 Å². The van der Waals surface area contributed by atoms with Gasteiger partial charge in [0.25, 0.3) is 0 Å². The van der Waals surface area contributed by atoms with Crippen molar-refractivity contribution in [3.05, 3.63) is 34.3 Å². The van der Waals surface area contributed by atoms with Gasteiger partial charge in [0.1, 0.15) is 0 Å².